The number of rotatable bonds is 1. The molecule has 0 aromatic carbocycles. The van der Waals surface area contributed by atoms with Crippen molar-refractivity contribution in [3.63, 3.8) is 0 Å². The fourth-order valence-corrected chi connectivity index (χ4v) is 1.70. The van der Waals surface area contributed by atoms with Gasteiger partial charge in [0.25, 0.3) is 5.82 Å². The fraction of sp³-hybridized carbons (Fsp3) is 0.600. The van der Waals surface area contributed by atoms with E-state index in [4.69, 9.17) is 5.73 Å². The van der Waals surface area contributed by atoms with Gasteiger partial charge in [-0.3, -0.25) is 5.73 Å². The molecule has 1 fully saturated rings. The molecule has 1 aromatic heterocycles. The molecule has 5 nitrogen and oxygen atoms in total. The van der Waals surface area contributed by atoms with Crippen molar-refractivity contribution in [1.29, 1.82) is 0 Å². The van der Waals surface area contributed by atoms with Gasteiger partial charge in [-0.1, -0.05) is 0 Å². The maximum atomic E-state index is 5.71. The average Bonchev–Trinajstić information content (AvgIpc) is 2.23. The summed E-state index contributed by atoms with van der Waals surface area (Å²) in [5.74, 6) is 1.70. The van der Waals surface area contributed by atoms with Crippen molar-refractivity contribution >= 4 is 11.6 Å². The maximum Gasteiger partial charge on any atom is 0.290 e. The van der Waals surface area contributed by atoms with Gasteiger partial charge in [-0.25, -0.2) is 9.55 Å². The third-order valence-corrected chi connectivity index (χ3v) is 2.87. The Bertz CT molecular complexity index is 344. The van der Waals surface area contributed by atoms with Gasteiger partial charge >= 0.3 is 0 Å². The Hall–Kier alpha value is -1.36. The fourth-order valence-electron chi connectivity index (χ4n) is 1.70. The van der Waals surface area contributed by atoms with Gasteiger partial charge in [0.05, 0.1) is 7.05 Å². The van der Waals surface area contributed by atoms with Crippen LogP contribution >= 0.6 is 0 Å². The highest BCUT2D eigenvalue weighted by Gasteiger charge is 2.16. The van der Waals surface area contributed by atoms with Crippen molar-refractivity contribution in [2.45, 2.75) is 0 Å². The molecule has 0 unspecified atom stereocenters. The molecule has 0 amide bonds. The molecule has 0 saturated carbocycles. The molecule has 15 heavy (non-hydrogen) atoms. The molecule has 2 rings (SSSR count). The summed E-state index contributed by atoms with van der Waals surface area (Å²) in [4.78, 5) is 8.97. The van der Waals surface area contributed by atoms with Gasteiger partial charge in [0, 0.05) is 26.2 Å². The second kappa shape index (κ2) is 4.02. The monoisotopic (exact) mass is 208 g/mol. The minimum atomic E-state index is 0.688. The lowest BCUT2D eigenvalue weighted by atomic mass is 10.3. The van der Waals surface area contributed by atoms with E-state index in [0.29, 0.717) is 5.82 Å². The first kappa shape index (κ1) is 10.2. The SMILES string of the molecule is CN1CCN(c2c[n+](C)c(N)cn2)CC1. The Balaban J connectivity index is 2.12. The smallest absolute Gasteiger partial charge is 0.290 e. The lowest BCUT2D eigenvalue weighted by Crippen LogP contribution is -2.46. The Labute approximate surface area is 90.1 Å². The minimum Gasteiger partial charge on any atom is -0.351 e. The molecule has 0 atom stereocenters. The van der Waals surface area contributed by atoms with Crippen LogP contribution in [0.5, 0.6) is 0 Å². The van der Waals surface area contributed by atoms with E-state index < -0.39 is 0 Å². The molecule has 0 bridgehead atoms. The van der Waals surface area contributed by atoms with Gasteiger partial charge in [-0.2, -0.15) is 0 Å². The van der Waals surface area contributed by atoms with Crippen LogP contribution in [0.25, 0.3) is 0 Å². The molecule has 0 aliphatic carbocycles. The highest BCUT2D eigenvalue weighted by molar-refractivity contribution is 5.36. The Morgan fingerprint density at radius 2 is 2.00 bits per heavy atom. The number of nitrogen functional groups attached to an aromatic ring is 1. The van der Waals surface area contributed by atoms with E-state index in [1.807, 2.05) is 17.8 Å². The molecule has 1 saturated heterocycles. The lowest BCUT2D eigenvalue weighted by Gasteiger charge is -2.32. The standard InChI is InChI=1S/C10H17N5/c1-13-3-5-15(6-4-13)10-8-14(2)9(11)7-12-10/h7-8,11H,3-6H2,1-2H3/p+1. The number of aryl methyl sites for hydroxylation is 1. The second-order valence-corrected chi connectivity index (χ2v) is 4.07. The highest BCUT2D eigenvalue weighted by atomic mass is 15.3. The Kier molecular flexibility index (Phi) is 2.73. The van der Waals surface area contributed by atoms with Gasteiger partial charge in [0.15, 0.2) is 5.82 Å². The normalized spacial score (nSPS) is 18.1. The summed E-state index contributed by atoms with van der Waals surface area (Å²) in [5.41, 5.74) is 5.71. The quantitative estimate of drug-likeness (QED) is 0.616. The molecule has 1 aliphatic rings. The van der Waals surface area contributed by atoms with E-state index in [1.165, 1.54) is 0 Å². The topological polar surface area (TPSA) is 49.3 Å². The van der Waals surface area contributed by atoms with E-state index in [2.05, 4.69) is 21.8 Å². The van der Waals surface area contributed by atoms with Crippen molar-refractivity contribution in [2.75, 3.05) is 43.9 Å². The molecule has 5 heteroatoms. The zero-order chi connectivity index (χ0) is 10.8. The largest absolute Gasteiger partial charge is 0.351 e. The van der Waals surface area contributed by atoms with E-state index in [1.54, 1.807) is 6.20 Å². The van der Waals surface area contributed by atoms with Crippen molar-refractivity contribution in [3.8, 4) is 0 Å². The van der Waals surface area contributed by atoms with Gasteiger partial charge < -0.3 is 9.80 Å². The van der Waals surface area contributed by atoms with Gasteiger partial charge in [-0.05, 0) is 7.05 Å². The summed E-state index contributed by atoms with van der Waals surface area (Å²) in [6.07, 6.45) is 3.70. The van der Waals surface area contributed by atoms with Crippen LogP contribution in [0.15, 0.2) is 12.4 Å². The molecular weight excluding hydrogens is 190 g/mol. The molecular formula is C10H18N5+. The van der Waals surface area contributed by atoms with Crippen LogP contribution in [0.4, 0.5) is 11.6 Å². The summed E-state index contributed by atoms with van der Waals surface area (Å²) in [6.45, 7) is 4.26. The number of hydrogen-bond acceptors (Lipinski definition) is 4. The Morgan fingerprint density at radius 1 is 1.33 bits per heavy atom. The molecule has 1 aliphatic heterocycles. The van der Waals surface area contributed by atoms with Crippen LogP contribution in [0.2, 0.25) is 0 Å². The third kappa shape index (κ3) is 2.18. The summed E-state index contributed by atoms with van der Waals surface area (Å²) in [6, 6.07) is 0. The zero-order valence-corrected chi connectivity index (χ0v) is 9.35. The molecule has 2 N–H and O–H groups in total. The van der Waals surface area contributed by atoms with E-state index in [0.717, 1.165) is 32.0 Å². The number of hydrogen-bond donors (Lipinski definition) is 1. The lowest BCUT2D eigenvalue weighted by molar-refractivity contribution is -0.656. The number of likely N-dealkylation sites (N-methyl/N-ethyl adjacent to an activating group) is 1. The summed E-state index contributed by atoms with van der Waals surface area (Å²) < 4.78 is 1.90. The molecule has 1 aromatic rings. The number of aromatic nitrogens is 2. The first-order valence-electron chi connectivity index (χ1n) is 5.21. The van der Waals surface area contributed by atoms with Crippen LogP contribution < -0.4 is 15.2 Å². The average molecular weight is 208 g/mol. The molecule has 82 valence electrons. The van der Waals surface area contributed by atoms with Crippen LogP contribution in [-0.2, 0) is 7.05 Å². The summed E-state index contributed by atoms with van der Waals surface area (Å²) >= 11 is 0. The van der Waals surface area contributed by atoms with Crippen molar-refractivity contribution in [2.24, 2.45) is 7.05 Å². The van der Waals surface area contributed by atoms with Crippen LogP contribution in [0.1, 0.15) is 0 Å². The molecule has 0 radical (unpaired) electrons. The number of nitrogens with zero attached hydrogens (tertiary/aromatic N) is 4. The molecule has 0 spiro atoms. The van der Waals surface area contributed by atoms with Gasteiger partial charge in [0.2, 0.25) is 0 Å². The predicted molar refractivity (Wildman–Crippen MR) is 59.5 cm³/mol. The predicted octanol–water partition coefficient (Wildman–Crippen LogP) is -0.760. The van der Waals surface area contributed by atoms with Gasteiger partial charge in [0.1, 0.15) is 12.4 Å². The van der Waals surface area contributed by atoms with Crippen LogP contribution in [-0.4, -0.2) is 43.1 Å². The van der Waals surface area contributed by atoms with E-state index in [9.17, 15) is 0 Å². The summed E-state index contributed by atoms with van der Waals surface area (Å²) in [7, 11) is 4.09. The van der Waals surface area contributed by atoms with Crippen LogP contribution in [0, 0.1) is 0 Å². The summed E-state index contributed by atoms with van der Waals surface area (Å²) in [5, 5.41) is 0. The highest BCUT2D eigenvalue weighted by Crippen LogP contribution is 2.10. The minimum absolute atomic E-state index is 0.688. The zero-order valence-electron chi connectivity index (χ0n) is 9.35. The van der Waals surface area contributed by atoms with E-state index in [-0.39, 0.29) is 0 Å². The number of anilines is 2. The van der Waals surface area contributed by atoms with Crippen molar-refractivity contribution in [3.05, 3.63) is 12.4 Å². The first-order chi connectivity index (χ1) is 7.16. The Morgan fingerprint density at radius 3 is 2.60 bits per heavy atom. The maximum absolute atomic E-state index is 5.71. The molecule has 2 heterocycles. The van der Waals surface area contributed by atoms with Gasteiger partial charge in [-0.15, -0.1) is 0 Å². The second-order valence-electron chi connectivity index (χ2n) is 4.07. The third-order valence-electron chi connectivity index (χ3n) is 2.87. The number of piperazine rings is 1. The number of nitrogens with two attached hydrogens (primary N) is 1. The van der Waals surface area contributed by atoms with E-state index >= 15 is 0 Å². The van der Waals surface area contributed by atoms with Crippen molar-refractivity contribution in [1.82, 2.24) is 9.88 Å². The van der Waals surface area contributed by atoms with Crippen LogP contribution in [0.3, 0.4) is 0 Å². The first-order valence-corrected chi connectivity index (χ1v) is 5.21. The van der Waals surface area contributed by atoms with Crippen molar-refractivity contribution < 1.29 is 4.57 Å².